The highest BCUT2D eigenvalue weighted by molar-refractivity contribution is 8.00. The molecule has 1 aromatic rings. The molecule has 3 unspecified atom stereocenters. The molecule has 0 aromatic heterocycles. The van der Waals surface area contributed by atoms with Crippen LogP contribution in [0.4, 0.5) is 0 Å². The van der Waals surface area contributed by atoms with E-state index in [4.69, 9.17) is 10.5 Å². The number of thioether (sulfide) groups is 1. The van der Waals surface area contributed by atoms with Crippen molar-refractivity contribution in [2.45, 2.75) is 31.2 Å². The van der Waals surface area contributed by atoms with Crippen molar-refractivity contribution in [2.75, 3.05) is 26.0 Å². The fraction of sp³-hybridized carbons (Fsp3) is 0.600. The van der Waals surface area contributed by atoms with Gasteiger partial charge in [-0.3, -0.25) is 4.90 Å². The maximum absolute atomic E-state index is 6.05. The second kappa shape index (κ2) is 6.64. The van der Waals surface area contributed by atoms with Gasteiger partial charge in [0, 0.05) is 36.2 Å². The molecule has 2 rings (SSSR count). The first-order chi connectivity index (χ1) is 9.17. The summed E-state index contributed by atoms with van der Waals surface area (Å²) >= 11 is 2.05. The number of methoxy groups -OCH3 is 1. The molecule has 0 bridgehead atoms. The third-order valence-electron chi connectivity index (χ3n) is 4.03. The second-order valence-corrected chi connectivity index (χ2v) is 6.57. The lowest BCUT2D eigenvalue weighted by Crippen LogP contribution is -2.48. The molecule has 1 heterocycles. The molecule has 2 N–H and O–H groups in total. The van der Waals surface area contributed by atoms with Gasteiger partial charge in [0.05, 0.1) is 7.11 Å². The highest BCUT2D eigenvalue weighted by Gasteiger charge is 2.30. The van der Waals surface area contributed by atoms with Gasteiger partial charge in [-0.15, -0.1) is 0 Å². The van der Waals surface area contributed by atoms with Crippen LogP contribution in [-0.4, -0.2) is 42.1 Å². The van der Waals surface area contributed by atoms with E-state index in [1.807, 2.05) is 12.1 Å². The molecule has 1 saturated heterocycles. The van der Waals surface area contributed by atoms with E-state index < -0.39 is 0 Å². The van der Waals surface area contributed by atoms with Crippen LogP contribution in [0, 0.1) is 0 Å². The Morgan fingerprint density at radius 3 is 2.95 bits per heavy atom. The summed E-state index contributed by atoms with van der Waals surface area (Å²) in [6.07, 6.45) is 0. The van der Waals surface area contributed by atoms with Crippen LogP contribution < -0.4 is 10.5 Å². The maximum atomic E-state index is 6.05. The highest BCUT2D eigenvalue weighted by atomic mass is 32.2. The summed E-state index contributed by atoms with van der Waals surface area (Å²) in [5.74, 6) is 2.09. The second-order valence-electron chi connectivity index (χ2n) is 5.08. The zero-order valence-corrected chi connectivity index (χ0v) is 12.8. The molecule has 1 aliphatic heterocycles. The fourth-order valence-electron chi connectivity index (χ4n) is 2.71. The van der Waals surface area contributed by atoms with Crippen LogP contribution in [0.5, 0.6) is 5.75 Å². The standard InChI is InChI=1S/C15H24N2OS/c1-11-12(2)19-8-7-17(11)15(10-16)13-5-4-6-14(9-13)18-3/h4-6,9,11-12,15H,7-8,10,16H2,1-3H3. The predicted molar refractivity (Wildman–Crippen MR) is 82.9 cm³/mol. The van der Waals surface area contributed by atoms with E-state index in [0.717, 1.165) is 12.3 Å². The van der Waals surface area contributed by atoms with Crippen molar-refractivity contribution in [2.24, 2.45) is 5.73 Å². The van der Waals surface area contributed by atoms with Crippen molar-refractivity contribution in [3.05, 3.63) is 29.8 Å². The summed E-state index contributed by atoms with van der Waals surface area (Å²) < 4.78 is 5.32. The summed E-state index contributed by atoms with van der Waals surface area (Å²) in [5, 5.41) is 0.661. The summed E-state index contributed by atoms with van der Waals surface area (Å²) in [7, 11) is 1.71. The molecule has 3 nitrogen and oxygen atoms in total. The smallest absolute Gasteiger partial charge is 0.119 e. The summed E-state index contributed by atoms with van der Waals surface area (Å²) in [5.41, 5.74) is 7.30. The molecule has 0 radical (unpaired) electrons. The van der Waals surface area contributed by atoms with Crippen molar-refractivity contribution >= 4 is 11.8 Å². The molecular formula is C15H24N2OS. The largest absolute Gasteiger partial charge is 0.497 e. The minimum Gasteiger partial charge on any atom is -0.497 e. The maximum Gasteiger partial charge on any atom is 0.119 e. The molecular weight excluding hydrogens is 256 g/mol. The topological polar surface area (TPSA) is 38.5 Å². The summed E-state index contributed by atoms with van der Waals surface area (Å²) in [6, 6.07) is 9.13. The van der Waals surface area contributed by atoms with Crippen molar-refractivity contribution < 1.29 is 4.74 Å². The number of hydrogen-bond donors (Lipinski definition) is 1. The van der Waals surface area contributed by atoms with E-state index >= 15 is 0 Å². The van der Waals surface area contributed by atoms with Crippen LogP contribution in [0.25, 0.3) is 0 Å². The lowest BCUT2D eigenvalue weighted by molar-refractivity contribution is 0.150. The number of hydrogen-bond acceptors (Lipinski definition) is 4. The van der Waals surface area contributed by atoms with Gasteiger partial charge in [-0.1, -0.05) is 19.1 Å². The zero-order valence-electron chi connectivity index (χ0n) is 12.0. The van der Waals surface area contributed by atoms with Gasteiger partial charge in [0.15, 0.2) is 0 Å². The molecule has 0 amide bonds. The molecule has 1 aromatic carbocycles. The van der Waals surface area contributed by atoms with Gasteiger partial charge < -0.3 is 10.5 Å². The van der Waals surface area contributed by atoms with E-state index in [2.05, 4.69) is 42.6 Å². The molecule has 106 valence electrons. The lowest BCUT2D eigenvalue weighted by Gasteiger charge is -2.42. The number of benzene rings is 1. The number of rotatable bonds is 4. The number of ether oxygens (including phenoxy) is 1. The van der Waals surface area contributed by atoms with Crippen molar-refractivity contribution in [3.63, 3.8) is 0 Å². The Hall–Kier alpha value is -0.710. The van der Waals surface area contributed by atoms with Crippen LogP contribution >= 0.6 is 11.8 Å². The Morgan fingerprint density at radius 1 is 1.47 bits per heavy atom. The Labute approximate surface area is 120 Å². The molecule has 4 heteroatoms. The number of nitrogens with zero attached hydrogens (tertiary/aromatic N) is 1. The molecule has 0 spiro atoms. The van der Waals surface area contributed by atoms with Gasteiger partial charge in [-0.2, -0.15) is 11.8 Å². The van der Waals surface area contributed by atoms with Gasteiger partial charge in [0.2, 0.25) is 0 Å². The van der Waals surface area contributed by atoms with Gasteiger partial charge in [-0.25, -0.2) is 0 Å². The van der Waals surface area contributed by atoms with E-state index in [1.165, 1.54) is 11.3 Å². The Bertz CT molecular complexity index is 413. The zero-order chi connectivity index (χ0) is 13.8. The van der Waals surface area contributed by atoms with Crippen molar-refractivity contribution in [3.8, 4) is 5.75 Å². The minimum atomic E-state index is 0.286. The van der Waals surface area contributed by atoms with Crippen LogP contribution in [0.1, 0.15) is 25.5 Å². The third-order valence-corrected chi connectivity index (χ3v) is 5.37. The van der Waals surface area contributed by atoms with Gasteiger partial charge in [-0.05, 0) is 24.6 Å². The van der Waals surface area contributed by atoms with Crippen LogP contribution in [0.15, 0.2) is 24.3 Å². The van der Waals surface area contributed by atoms with E-state index in [1.54, 1.807) is 7.11 Å². The molecule has 1 fully saturated rings. The SMILES string of the molecule is COc1cccc(C(CN)N2CCSC(C)C2C)c1. The van der Waals surface area contributed by atoms with Crippen molar-refractivity contribution in [1.29, 1.82) is 0 Å². The van der Waals surface area contributed by atoms with Crippen LogP contribution in [0.2, 0.25) is 0 Å². The van der Waals surface area contributed by atoms with Crippen LogP contribution in [-0.2, 0) is 0 Å². The number of nitrogens with two attached hydrogens (primary N) is 1. The van der Waals surface area contributed by atoms with Gasteiger partial charge in [0.1, 0.15) is 5.75 Å². The average Bonchev–Trinajstić information content (AvgIpc) is 2.44. The Balaban J connectivity index is 2.22. The quantitative estimate of drug-likeness (QED) is 0.920. The monoisotopic (exact) mass is 280 g/mol. The summed E-state index contributed by atoms with van der Waals surface area (Å²) in [6.45, 7) is 6.37. The van der Waals surface area contributed by atoms with E-state index in [9.17, 15) is 0 Å². The first-order valence-corrected chi connectivity index (χ1v) is 7.93. The first-order valence-electron chi connectivity index (χ1n) is 6.88. The minimum absolute atomic E-state index is 0.286. The highest BCUT2D eigenvalue weighted by Crippen LogP contribution is 2.32. The first kappa shape index (κ1) is 14.7. The van der Waals surface area contributed by atoms with E-state index in [0.29, 0.717) is 17.8 Å². The Kier molecular flexibility index (Phi) is 5.13. The molecule has 1 aliphatic rings. The van der Waals surface area contributed by atoms with Gasteiger partial charge in [0.25, 0.3) is 0 Å². The third kappa shape index (κ3) is 3.25. The van der Waals surface area contributed by atoms with Crippen molar-refractivity contribution in [1.82, 2.24) is 4.90 Å². The molecule has 3 atom stereocenters. The lowest BCUT2D eigenvalue weighted by atomic mass is 10.0. The normalized spacial score (nSPS) is 26.1. The summed E-state index contributed by atoms with van der Waals surface area (Å²) in [4.78, 5) is 2.54. The fourth-order valence-corrected chi connectivity index (χ4v) is 3.83. The van der Waals surface area contributed by atoms with E-state index in [-0.39, 0.29) is 6.04 Å². The molecule has 0 saturated carbocycles. The molecule has 19 heavy (non-hydrogen) atoms. The average molecular weight is 280 g/mol. The Morgan fingerprint density at radius 2 is 2.26 bits per heavy atom. The van der Waals surface area contributed by atoms with Crippen LogP contribution in [0.3, 0.4) is 0 Å². The molecule has 0 aliphatic carbocycles. The van der Waals surface area contributed by atoms with Gasteiger partial charge >= 0.3 is 0 Å². The predicted octanol–water partition coefficient (Wildman–Crippen LogP) is 2.52.